The molecule has 1 rings (SSSR count). The van der Waals surface area contributed by atoms with Crippen LogP contribution in [0.25, 0.3) is 0 Å². The predicted molar refractivity (Wildman–Crippen MR) is 111 cm³/mol. The molecule has 0 heterocycles. The topological polar surface area (TPSA) is 20.2 Å². The first kappa shape index (κ1) is 22.1. The third kappa shape index (κ3) is 13.0. The Morgan fingerprint density at radius 3 is 1.40 bits per heavy atom. The highest BCUT2D eigenvalue weighted by Gasteiger charge is 1.99. The first-order chi connectivity index (χ1) is 12.3. The van der Waals surface area contributed by atoms with Gasteiger partial charge in [0.2, 0.25) is 0 Å². The van der Waals surface area contributed by atoms with Crippen LogP contribution in [-0.2, 0) is 6.42 Å². The van der Waals surface area contributed by atoms with Crippen molar-refractivity contribution in [3.8, 4) is 5.75 Å². The van der Waals surface area contributed by atoms with Gasteiger partial charge in [0.1, 0.15) is 5.75 Å². The Morgan fingerprint density at radius 1 is 0.560 bits per heavy atom. The lowest BCUT2D eigenvalue weighted by Gasteiger charge is -2.05. The first-order valence-electron chi connectivity index (χ1n) is 11.1. The molecule has 0 bridgehead atoms. The lowest BCUT2D eigenvalue weighted by Crippen LogP contribution is -1.87. The summed E-state index contributed by atoms with van der Waals surface area (Å²) in [5.74, 6) is 0.462. The Balaban J connectivity index is 1.75. The fourth-order valence-electron chi connectivity index (χ4n) is 3.59. The van der Waals surface area contributed by atoms with Gasteiger partial charge in [-0.1, -0.05) is 121 Å². The van der Waals surface area contributed by atoms with Gasteiger partial charge >= 0.3 is 0 Å². The largest absolute Gasteiger partial charge is 0.508 e. The van der Waals surface area contributed by atoms with Gasteiger partial charge < -0.3 is 5.11 Å². The lowest BCUT2D eigenvalue weighted by atomic mass is 10.0. The van der Waals surface area contributed by atoms with E-state index in [0.29, 0.717) is 5.75 Å². The number of aryl methyl sites for hydroxylation is 1. The summed E-state index contributed by atoms with van der Waals surface area (Å²) >= 11 is 0. The summed E-state index contributed by atoms with van der Waals surface area (Å²) < 4.78 is 0. The van der Waals surface area contributed by atoms with Gasteiger partial charge in [0, 0.05) is 0 Å². The molecule has 25 heavy (non-hydrogen) atoms. The third-order valence-electron chi connectivity index (χ3n) is 5.29. The molecule has 1 N–H and O–H groups in total. The molecular formula is C24H42O. The van der Waals surface area contributed by atoms with E-state index < -0.39 is 0 Å². The molecule has 0 saturated carbocycles. The second-order valence-electron chi connectivity index (χ2n) is 7.68. The summed E-state index contributed by atoms with van der Waals surface area (Å²) in [5, 5.41) is 9.74. The number of rotatable bonds is 17. The highest BCUT2D eigenvalue weighted by atomic mass is 16.3. The highest BCUT2D eigenvalue weighted by Crippen LogP contribution is 2.19. The number of phenols is 1. The maximum absolute atomic E-state index is 9.74. The Bertz CT molecular complexity index is 399. The van der Waals surface area contributed by atoms with Crippen molar-refractivity contribution in [1.29, 1.82) is 0 Å². The van der Waals surface area contributed by atoms with E-state index in [1.807, 2.05) is 18.2 Å². The van der Waals surface area contributed by atoms with Gasteiger partial charge in [-0.05, 0) is 24.5 Å². The molecule has 0 fully saturated rings. The third-order valence-corrected chi connectivity index (χ3v) is 5.29. The monoisotopic (exact) mass is 346 g/mol. The van der Waals surface area contributed by atoms with Crippen molar-refractivity contribution in [1.82, 2.24) is 0 Å². The SMILES string of the molecule is CCCCCCCCCCCCCCCCCCc1ccccc1O. The summed E-state index contributed by atoms with van der Waals surface area (Å²) in [7, 11) is 0. The van der Waals surface area contributed by atoms with Gasteiger partial charge in [0.05, 0.1) is 0 Å². The Hall–Kier alpha value is -0.980. The van der Waals surface area contributed by atoms with Crippen LogP contribution in [0.4, 0.5) is 0 Å². The summed E-state index contributed by atoms with van der Waals surface area (Å²) in [6.07, 6.45) is 23.5. The smallest absolute Gasteiger partial charge is 0.118 e. The molecule has 0 amide bonds. The molecule has 0 aliphatic heterocycles. The fourth-order valence-corrected chi connectivity index (χ4v) is 3.59. The fraction of sp³-hybridized carbons (Fsp3) is 0.750. The molecule has 0 atom stereocenters. The number of phenolic OH excluding ortho intramolecular Hbond substituents is 1. The average Bonchev–Trinajstić information content (AvgIpc) is 2.63. The van der Waals surface area contributed by atoms with Gasteiger partial charge in [-0.3, -0.25) is 0 Å². The quantitative estimate of drug-likeness (QED) is 0.282. The molecule has 144 valence electrons. The second-order valence-corrected chi connectivity index (χ2v) is 7.68. The zero-order chi connectivity index (χ0) is 18.0. The van der Waals surface area contributed by atoms with Gasteiger partial charge in [-0.25, -0.2) is 0 Å². The van der Waals surface area contributed by atoms with Crippen LogP contribution in [0.1, 0.15) is 115 Å². The minimum atomic E-state index is 0.462. The maximum Gasteiger partial charge on any atom is 0.118 e. The second kappa shape index (κ2) is 16.5. The zero-order valence-corrected chi connectivity index (χ0v) is 16.8. The number of hydrogen-bond acceptors (Lipinski definition) is 1. The van der Waals surface area contributed by atoms with Gasteiger partial charge in [-0.2, -0.15) is 0 Å². The molecule has 0 aliphatic rings. The van der Waals surface area contributed by atoms with Crippen LogP contribution in [0, 0.1) is 0 Å². The summed E-state index contributed by atoms with van der Waals surface area (Å²) in [6, 6.07) is 7.75. The normalized spacial score (nSPS) is 11.1. The van der Waals surface area contributed by atoms with Crippen molar-refractivity contribution in [2.24, 2.45) is 0 Å². The lowest BCUT2D eigenvalue weighted by molar-refractivity contribution is 0.465. The average molecular weight is 347 g/mol. The Kier molecular flexibility index (Phi) is 14.5. The summed E-state index contributed by atoms with van der Waals surface area (Å²) in [5.41, 5.74) is 1.10. The van der Waals surface area contributed by atoms with Crippen LogP contribution in [0.2, 0.25) is 0 Å². The molecule has 1 aromatic carbocycles. The molecule has 1 heteroatoms. The molecule has 0 aliphatic carbocycles. The minimum Gasteiger partial charge on any atom is -0.508 e. The Labute approximate surface area is 157 Å². The van der Waals surface area contributed by atoms with Gasteiger partial charge in [0.25, 0.3) is 0 Å². The van der Waals surface area contributed by atoms with Crippen molar-refractivity contribution in [2.45, 2.75) is 116 Å². The Morgan fingerprint density at radius 2 is 0.960 bits per heavy atom. The maximum atomic E-state index is 9.74. The van der Waals surface area contributed by atoms with Crippen LogP contribution < -0.4 is 0 Å². The van der Waals surface area contributed by atoms with Crippen LogP contribution in [-0.4, -0.2) is 5.11 Å². The number of unbranched alkanes of at least 4 members (excludes halogenated alkanes) is 15. The summed E-state index contributed by atoms with van der Waals surface area (Å²) in [6.45, 7) is 2.29. The van der Waals surface area contributed by atoms with E-state index in [4.69, 9.17) is 0 Å². The van der Waals surface area contributed by atoms with Crippen molar-refractivity contribution in [3.63, 3.8) is 0 Å². The van der Waals surface area contributed by atoms with E-state index in [1.54, 1.807) is 6.07 Å². The minimum absolute atomic E-state index is 0.462. The standard InChI is InChI=1S/C24H42O/c1-2-3-4-5-6-7-8-9-10-11-12-13-14-15-16-17-20-23-21-18-19-22-24(23)25/h18-19,21-22,25H,2-17,20H2,1H3. The van der Waals surface area contributed by atoms with Gasteiger partial charge in [0.15, 0.2) is 0 Å². The summed E-state index contributed by atoms with van der Waals surface area (Å²) in [4.78, 5) is 0. The molecule has 0 spiro atoms. The molecule has 0 aromatic heterocycles. The molecule has 0 saturated heterocycles. The highest BCUT2D eigenvalue weighted by molar-refractivity contribution is 5.31. The van der Waals surface area contributed by atoms with Crippen molar-refractivity contribution in [2.75, 3.05) is 0 Å². The van der Waals surface area contributed by atoms with Crippen LogP contribution >= 0.6 is 0 Å². The van der Waals surface area contributed by atoms with E-state index >= 15 is 0 Å². The van der Waals surface area contributed by atoms with Gasteiger partial charge in [-0.15, -0.1) is 0 Å². The predicted octanol–water partition coefficient (Wildman–Crippen LogP) is 8.20. The van der Waals surface area contributed by atoms with E-state index in [-0.39, 0.29) is 0 Å². The van der Waals surface area contributed by atoms with E-state index in [2.05, 4.69) is 6.92 Å². The van der Waals surface area contributed by atoms with Crippen molar-refractivity contribution < 1.29 is 5.11 Å². The zero-order valence-electron chi connectivity index (χ0n) is 16.8. The number of hydrogen-bond donors (Lipinski definition) is 1. The van der Waals surface area contributed by atoms with Crippen LogP contribution in [0.15, 0.2) is 24.3 Å². The van der Waals surface area contributed by atoms with Crippen LogP contribution in [0.3, 0.4) is 0 Å². The number of benzene rings is 1. The number of para-hydroxylation sites is 1. The molecule has 1 nitrogen and oxygen atoms in total. The van der Waals surface area contributed by atoms with E-state index in [1.165, 1.54) is 103 Å². The van der Waals surface area contributed by atoms with E-state index in [0.717, 1.165) is 12.0 Å². The molecule has 0 radical (unpaired) electrons. The molecule has 0 unspecified atom stereocenters. The molecule has 1 aromatic rings. The van der Waals surface area contributed by atoms with Crippen molar-refractivity contribution in [3.05, 3.63) is 29.8 Å². The van der Waals surface area contributed by atoms with Crippen LogP contribution in [0.5, 0.6) is 5.75 Å². The van der Waals surface area contributed by atoms with Crippen molar-refractivity contribution >= 4 is 0 Å². The molecular weight excluding hydrogens is 304 g/mol. The number of aromatic hydroxyl groups is 1. The van der Waals surface area contributed by atoms with E-state index in [9.17, 15) is 5.11 Å². The first-order valence-corrected chi connectivity index (χ1v) is 11.1.